The molecule has 1 atom stereocenters. The van der Waals surface area contributed by atoms with Gasteiger partial charge in [-0.2, -0.15) is 0 Å². The zero-order valence-electron chi connectivity index (χ0n) is 10.8. The van der Waals surface area contributed by atoms with Crippen LogP contribution in [0.5, 0.6) is 0 Å². The van der Waals surface area contributed by atoms with Crippen molar-refractivity contribution in [2.24, 2.45) is 0 Å². The van der Waals surface area contributed by atoms with Gasteiger partial charge in [0.05, 0.1) is 5.69 Å². The number of hydrogen-bond acceptors (Lipinski definition) is 2. The van der Waals surface area contributed by atoms with E-state index < -0.39 is 12.0 Å². The smallest absolute Gasteiger partial charge is 0.326 e. The molecular formula is C15H16N2O2. The lowest BCUT2D eigenvalue weighted by atomic mass is 10.1. The highest BCUT2D eigenvalue weighted by atomic mass is 16.4. The van der Waals surface area contributed by atoms with Gasteiger partial charge in [-0.1, -0.05) is 29.8 Å². The lowest BCUT2D eigenvalue weighted by Crippen LogP contribution is -2.24. The number of aliphatic carboxylic acids is 1. The highest BCUT2D eigenvalue weighted by Crippen LogP contribution is 2.28. The van der Waals surface area contributed by atoms with E-state index >= 15 is 0 Å². The van der Waals surface area contributed by atoms with Gasteiger partial charge in [-0.05, 0) is 19.8 Å². The van der Waals surface area contributed by atoms with Gasteiger partial charge in [-0.15, -0.1) is 0 Å². The fraction of sp³-hybridized carbons (Fsp3) is 0.333. The average molecular weight is 256 g/mol. The Morgan fingerprint density at radius 1 is 1.37 bits per heavy atom. The van der Waals surface area contributed by atoms with Crippen molar-refractivity contribution in [2.45, 2.75) is 32.2 Å². The van der Waals surface area contributed by atoms with Gasteiger partial charge in [-0.3, -0.25) is 0 Å². The fourth-order valence-corrected chi connectivity index (χ4v) is 2.59. The van der Waals surface area contributed by atoms with E-state index in [1.165, 1.54) is 5.56 Å². The molecule has 0 saturated heterocycles. The Kier molecular flexibility index (Phi) is 2.85. The molecule has 1 unspecified atom stereocenters. The molecule has 4 nitrogen and oxygen atoms in total. The van der Waals surface area contributed by atoms with E-state index in [-0.39, 0.29) is 0 Å². The normalized spacial score (nSPS) is 18.1. The van der Waals surface area contributed by atoms with E-state index in [2.05, 4.69) is 4.98 Å². The number of benzene rings is 1. The molecule has 0 aliphatic carbocycles. The number of carboxylic acid groups (broad SMARTS) is 1. The number of aryl methyl sites for hydroxylation is 2. The Morgan fingerprint density at radius 3 is 2.79 bits per heavy atom. The van der Waals surface area contributed by atoms with Crippen LogP contribution < -0.4 is 0 Å². The summed E-state index contributed by atoms with van der Waals surface area (Å²) in [5.74, 6) is 0.114. The van der Waals surface area contributed by atoms with Crippen LogP contribution >= 0.6 is 0 Å². The molecule has 98 valence electrons. The molecular weight excluding hydrogens is 240 g/mol. The first-order valence-corrected chi connectivity index (χ1v) is 6.53. The first kappa shape index (κ1) is 12.0. The van der Waals surface area contributed by atoms with E-state index in [9.17, 15) is 9.90 Å². The van der Waals surface area contributed by atoms with E-state index in [4.69, 9.17) is 0 Å². The number of imidazole rings is 1. The Labute approximate surface area is 111 Å². The fourth-order valence-electron chi connectivity index (χ4n) is 2.59. The van der Waals surface area contributed by atoms with Crippen LogP contribution in [0, 0.1) is 6.92 Å². The highest BCUT2D eigenvalue weighted by Gasteiger charge is 2.27. The molecule has 2 heterocycles. The number of fused-ring (bicyclic) bond motifs is 1. The number of hydrogen-bond donors (Lipinski definition) is 1. The minimum Gasteiger partial charge on any atom is -0.480 e. The Morgan fingerprint density at radius 2 is 2.11 bits per heavy atom. The van der Waals surface area contributed by atoms with Crippen molar-refractivity contribution < 1.29 is 9.90 Å². The van der Waals surface area contributed by atoms with Crippen molar-refractivity contribution in [2.75, 3.05) is 0 Å². The Hall–Kier alpha value is -2.10. The minimum absolute atomic E-state index is 0.463. The molecule has 1 aromatic carbocycles. The minimum atomic E-state index is -0.770. The maximum Gasteiger partial charge on any atom is 0.326 e. The van der Waals surface area contributed by atoms with Crippen LogP contribution in [0.15, 0.2) is 30.5 Å². The molecule has 1 aromatic heterocycles. The van der Waals surface area contributed by atoms with Crippen molar-refractivity contribution in [1.29, 1.82) is 0 Å². The van der Waals surface area contributed by atoms with Crippen LogP contribution in [0.25, 0.3) is 11.3 Å². The van der Waals surface area contributed by atoms with Crippen molar-refractivity contribution >= 4 is 5.97 Å². The molecule has 0 radical (unpaired) electrons. The van der Waals surface area contributed by atoms with E-state index in [0.717, 1.165) is 29.9 Å². The summed E-state index contributed by atoms with van der Waals surface area (Å²) in [5, 5.41) is 9.25. The number of nitrogens with zero attached hydrogens (tertiary/aromatic N) is 2. The highest BCUT2D eigenvalue weighted by molar-refractivity contribution is 5.72. The third kappa shape index (κ3) is 2.14. The Bertz CT molecular complexity index is 614. The summed E-state index contributed by atoms with van der Waals surface area (Å²) in [4.78, 5) is 15.8. The van der Waals surface area contributed by atoms with Gasteiger partial charge in [0, 0.05) is 18.2 Å². The molecule has 1 aliphatic heterocycles. The van der Waals surface area contributed by atoms with Gasteiger partial charge in [0.15, 0.2) is 0 Å². The molecule has 0 saturated carbocycles. The SMILES string of the molecule is Cc1ccc(-c2cn3c(n2)CCCC3C(=O)O)cc1. The molecule has 4 heteroatoms. The van der Waals surface area contributed by atoms with Crippen LogP contribution in [0.2, 0.25) is 0 Å². The van der Waals surface area contributed by atoms with Crippen LogP contribution in [0.3, 0.4) is 0 Å². The van der Waals surface area contributed by atoms with Crippen molar-refractivity contribution in [1.82, 2.24) is 9.55 Å². The number of carbonyl (C=O) groups is 1. The van der Waals surface area contributed by atoms with Gasteiger partial charge in [0.25, 0.3) is 0 Å². The molecule has 1 aliphatic rings. The maximum atomic E-state index is 11.3. The maximum absolute atomic E-state index is 11.3. The van der Waals surface area contributed by atoms with Gasteiger partial charge in [0.2, 0.25) is 0 Å². The summed E-state index contributed by atoms with van der Waals surface area (Å²) in [6.45, 7) is 2.04. The molecule has 3 rings (SSSR count). The predicted molar refractivity (Wildman–Crippen MR) is 72.0 cm³/mol. The second kappa shape index (κ2) is 4.53. The van der Waals surface area contributed by atoms with Gasteiger partial charge < -0.3 is 9.67 Å². The summed E-state index contributed by atoms with van der Waals surface area (Å²) in [5.41, 5.74) is 3.11. The third-order valence-electron chi connectivity index (χ3n) is 3.66. The summed E-state index contributed by atoms with van der Waals surface area (Å²) in [7, 11) is 0. The quantitative estimate of drug-likeness (QED) is 0.898. The van der Waals surface area contributed by atoms with E-state index in [0.29, 0.717) is 6.42 Å². The third-order valence-corrected chi connectivity index (χ3v) is 3.66. The second-order valence-corrected chi connectivity index (χ2v) is 5.06. The zero-order chi connectivity index (χ0) is 13.4. The van der Waals surface area contributed by atoms with Crippen LogP contribution in [0.1, 0.15) is 30.3 Å². The second-order valence-electron chi connectivity index (χ2n) is 5.06. The first-order valence-electron chi connectivity index (χ1n) is 6.53. The molecule has 0 fully saturated rings. The van der Waals surface area contributed by atoms with Gasteiger partial charge >= 0.3 is 5.97 Å². The molecule has 0 amide bonds. The lowest BCUT2D eigenvalue weighted by Gasteiger charge is -2.20. The summed E-state index contributed by atoms with van der Waals surface area (Å²) >= 11 is 0. The molecule has 0 spiro atoms. The standard InChI is InChI=1S/C15H16N2O2/c1-10-5-7-11(8-6-10)12-9-17-13(15(18)19)3-2-4-14(17)16-12/h5-9,13H,2-4H2,1H3,(H,18,19). The van der Waals surface area contributed by atoms with Crippen molar-refractivity contribution in [3.63, 3.8) is 0 Å². The monoisotopic (exact) mass is 256 g/mol. The molecule has 2 aromatic rings. The van der Waals surface area contributed by atoms with Gasteiger partial charge in [-0.25, -0.2) is 9.78 Å². The van der Waals surface area contributed by atoms with Gasteiger partial charge in [0.1, 0.15) is 11.9 Å². The molecule has 1 N–H and O–H groups in total. The van der Waals surface area contributed by atoms with Crippen LogP contribution in [-0.4, -0.2) is 20.6 Å². The van der Waals surface area contributed by atoms with Crippen molar-refractivity contribution in [3.8, 4) is 11.3 Å². The van der Waals surface area contributed by atoms with Crippen molar-refractivity contribution in [3.05, 3.63) is 41.9 Å². The van der Waals surface area contributed by atoms with E-state index in [1.54, 1.807) is 0 Å². The van der Waals surface area contributed by atoms with Crippen LogP contribution in [0.4, 0.5) is 0 Å². The largest absolute Gasteiger partial charge is 0.480 e. The number of aromatic nitrogens is 2. The lowest BCUT2D eigenvalue weighted by molar-refractivity contribution is -0.141. The summed E-state index contributed by atoms with van der Waals surface area (Å²) in [6.07, 6.45) is 4.31. The van der Waals surface area contributed by atoms with Crippen LogP contribution in [-0.2, 0) is 11.2 Å². The summed E-state index contributed by atoms with van der Waals surface area (Å²) < 4.78 is 1.82. The Balaban J connectivity index is 2.02. The average Bonchev–Trinajstić information content (AvgIpc) is 2.82. The first-order chi connectivity index (χ1) is 9.15. The van der Waals surface area contributed by atoms with E-state index in [1.807, 2.05) is 42.0 Å². The summed E-state index contributed by atoms with van der Waals surface area (Å²) in [6, 6.07) is 7.68. The number of rotatable bonds is 2. The topological polar surface area (TPSA) is 55.1 Å². The number of carboxylic acids is 1. The molecule has 19 heavy (non-hydrogen) atoms. The zero-order valence-corrected chi connectivity index (χ0v) is 10.8. The molecule has 0 bridgehead atoms. The predicted octanol–water partition coefficient (Wildman–Crippen LogP) is 2.82.